The van der Waals surface area contributed by atoms with Gasteiger partial charge in [0.1, 0.15) is 0 Å². The second-order valence-corrected chi connectivity index (χ2v) is 14.2. The summed E-state index contributed by atoms with van der Waals surface area (Å²) in [6, 6.07) is 55.7. The van der Waals surface area contributed by atoms with E-state index in [-0.39, 0.29) is 0 Å². The zero-order valence-electron chi connectivity index (χ0n) is 30.1. The van der Waals surface area contributed by atoms with Gasteiger partial charge in [-0.25, -0.2) is 0 Å². The Morgan fingerprint density at radius 2 is 1.02 bits per heavy atom. The second-order valence-electron chi connectivity index (χ2n) is 14.2. The molecule has 2 unspecified atom stereocenters. The molecule has 0 radical (unpaired) electrons. The maximum Gasteiger partial charge on any atom is 0.0450 e. The molecule has 0 amide bonds. The molecule has 0 bridgehead atoms. The van der Waals surface area contributed by atoms with Crippen molar-refractivity contribution in [2.24, 2.45) is 0 Å². The summed E-state index contributed by atoms with van der Waals surface area (Å²) in [6.07, 6.45) is 17.1. The third kappa shape index (κ3) is 7.13. The van der Waals surface area contributed by atoms with Crippen molar-refractivity contribution in [2.45, 2.75) is 45.1 Å². The molecule has 1 aliphatic carbocycles. The molecule has 0 aromatic heterocycles. The Labute approximate surface area is 309 Å². The third-order valence-corrected chi connectivity index (χ3v) is 10.7. The predicted molar refractivity (Wildman–Crippen MR) is 223 cm³/mol. The van der Waals surface area contributed by atoms with Crippen molar-refractivity contribution in [2.75, 3.05) is 4.90 Å². The Hall–Kier alpha value is -5.92. The van der Waals surface area contributed by atoms with E-state index in [9.17, 15) is 0 Å². The van der Waals surface area contributed by atoms with Crippen LogP contribution in [0.5, 0.6) is 0 Å². The standard InChI is InChI=1S/C51H45N/c1-37-22-29-43(30-23-37)46(41-14-5-3-6-15-41)18-9-12-39-26-33-45(34-27-39)52-50-21-11-20-48(50)49-36-40(28-35-51(49)52)13-10-19-47(42-16-7-4-8-17-42)44-31-24-38(2)25-32-44/h3-10,12-19,22-36,48,50H,11,20-21H2,1-2H3. The van der Waals surface area contributed by atoms with Crippen molar-refractivity contribution in [1.29, 1.82) is 0 Å². The fraction of sp³-hybridized carbons (Fsp3) is 0.137. The number of allylic oxidation sites excluding steroid dienone is 4. The van der Waals surface area contributed by atoms with Crippen LogP contribution in [0.15, 0.2) is 176 Å². The van der Waals surface area contributed by atoms with Gasteiger partial charge in [-0.3, -0.25) is 0 Å². The Morgan fingerprint density at radius 3 is 1.58 bits per heavy atom. The highest BCUT2D eigenvalue weighted by Crippen LogP contribution is 2.52. The summed E-state index contributed by atoms with van der Waals surface area (Å²) >= 11 is 0. The first kappa shape index (κ1) is 33.2. The number of hydrogen-bond acceptors (Lipinski definition) is 1. The normalized spacial score (nSPS) is 17.2. The molecule has 6 aromatic carbocycles. The molecule has 1 heteroatoms. The molecular weight excluding hydrogens is 627 g/mol. The topological polar surface area (TPSA) is 3.24 Å². The molecule has 0 N–H and O–H groups in total. The van der Waals surface area contributed by atoms with Gasteiger partial charge in [0.05, 0.1) is 0 Å². The average molecular weight is 672 g/mol. The van der Waals surface area contributed by atoms with Gasteiger partial charge in [-0.15, -0.1) is 0 Å². The van der Waals surface area contributed by atoms with E-state index in [1.807, 2.05) is 0 Å². The Balaban J connectivity index is 1.03. The van der Waals surface area contributed by atoms with Gasteiger partial charge < -0.3 is 4.90 Å². The fourth-order valence-corrected chi connectivity index (χ4v) is 7.99. The van der Waals surface area contributed by atoms with Crippen molar-refractivity contribution >= 4 is 34.7 Å². The summed E-state index contributed by atoms with van der Waals surface area (Å²) in [7, 11) is 0. The highest BCUT2D eigenvalue weighted by Gasteiger charge is 2.42. The number of hydrogen-bond donors (Lipinski definition) is 0. The van der Waals surface area contributed by atoms with E-state index in [0.29, 0.717) is 12.0 Å². The van der Waals surface area contributed by atoms with E-state index in [1.54, 1.807) is 0 Å². The van der Waals surface area contributed by atoms with Crippen LogP contribution in [0.25, 0.3) is 23.3 Å². The second kappa shape index (κ2) is 15.1. The number of benzene rings is 6. The van der Waals surface area contributed by atoms with Crippen LogP contribution in [0.4, 0.5) is 11.4 Å². The lowest BCUT2D eigenvalue weighted by Crippen LogP contribution is -2.26. The average Bonchev–Trinajstić information content (AvgIpc) is 3.78. The van der Waals surface area contributed by atoms with Gasteiger partial charge in [0.2, 0.25) is 0 Å². The van der Waals surface area contributed by atoms with Crippen molar-refractivity contribution in [3.05, 3.63) is 226 Å². The van der Waals surface area contributed by atoms with Gasteiger partial charge in [-0.1, -0.05) is 181 Å². The number of aryl methyl sites for hydroxylation is 2. The van der Waals surface area contributed by atoms with E-state index < -0.39 is 0 Å². The van der Waals surface area contributed by atoms with Crippen LogP contribution in [0, 0.1) is 13.8 Å². The summed E-state index contributed by atoms with van der Waals surface area (Å²) in [6.45, 7) is 4.27. The molecule has 1 nitrogen and oxygen atoms in total. The number of anilines is 2. The Bertz CT molecular complexity index is 2250. The first-order valence-electron chi connectivity index (χ1n) is 18.7. The van der Waals surface area contributed by atoms with Crippen LogP contribution < -0.4 is 4.90 Å². The lowest BCUT2D eigenvalue weighted by Gasteiger charge is -2.27. The summed E-state index contributed by atoms with van der Waals surface area (Å²) in [5, 5.41) is 0. The largest absolute Gasteiger partial charge is 0.338 e. The first-order chi connectivity index (χ1) is 25.6. The van der Waals surface area contributed by atoms with Crippen LogP contribution in [0.1, 0.15) is 75.3 Å². The van der Waals surface area contributed by atoms with E-state index in [4.69, 9.17) is 0 Å². The van der Waals surface area contributed by atoms with Crippen molar-refractivity contribution < 1.29 is 0 Å². The first-order valence-corrected chi connectivity index (χ1v) is 18.7. The molecule has 254 valence electrons. The van der Waals surface area contributed by atoms with Crippen molar-refractivity contribution in [3.8, 4) is 0 Å². The summed E-state index contributed by atoms with van der Waals surface area (Å²) in [5.41, 5.74) is 16.5. The van der Waals surface area contributed by atoms with Crippen molar-refractivity contribution in [1.82, 2.24) is 0 Å². The minimum Gasteiger partial charge on any atom is -0.338 e. The van der Waals surface area contributed by atoms with Gasteiger partial charge in [-0.05, 0) is 101 Å². The van der Waals surface area contributed by atoms with Crippen LogP contribution >= 0.6 is 0 Å². The third-order valence-electron chi connectivity index (χ3n) is 10.7. The van der Waals surface area contributed by atoms with E-state index in [1.165, 1.54) is 91.9 Å². The van der Waals surface area contributed by atoms with E-state index in [0.717, 1.165) is 0 Å². The molecule has 6 aromatic rings. The highest BCUT2D eigenvalue weighted by atomic mass is 15.2. The maximum absolute atomic E-state index is 2.61. The SMILES string of the molecule is Cc1ccc(C(=CC=Cc2ccc(N3c4ccc(C=CC=C(c5ccccc5)c5ccc(C)cc5)cc4C4CCCC43)cc2)c2ccccc2)cc1. The molecule has 1 aliphatic heterocycles. The zero-order valence-corrected chi connectivity index (χ0v) is 30.1. The van der Waals surface area contributed by atoms with Crippen LogP contribution in [0.2, 0.25) is 0 Å². The number of nitrogens with zero attached hydrogens (tertiary/aromatic N) is 1. The summed E-state index contributed by atoms with van der Waals surface area (Å²) < 4.78 is 0. The van der Waals surface area contributed by atoms with E-state index in [2.05, 4.69) is 207 Å². The summed E-state index contributed by atoms with van der Waals surface area (Å²) in [5.74, 6) is 0.578. The molecule has 1 heterocycles. The molecule has 8 rings (SSSR count). The molecule has 1 fully saturated rings. The van der Waals surface area contributed by atoms with Gasteiger partial charge in [-0.2, -0.15) is 0 Å². The van der Waals surface area contributed by atoms with Crippen LogP contribution in [-0.4, -0.2) is 6.04 Å². The molecule has 0 saturated heterocycles. The van der Waals surface area contributed by atoms with Crippen molar-refractivity contribution in [3.63, 3.8) is 0 Å². The van der Waals surface area contributed by atoms with Gasteiger partial charge in [0, 0.05) is 23.3 Å². The molecule has 52 heavy (non-hydrogen) atoms. The lowest BCUT2D eigenvalue weighted by molar-refractivity contribution is 0.642. The van der Waals surface area contributed by atoms with Gasteiger partial charge in [0.15, 0.2) is 0 Å². The van der Waals surface area contributed by atoms with E-state index >= 15 is 0 Å². The smallest absolute Gasteiger partial charge is 0.0450 e. The predicted octanol–water partition coefficient (Wildman–Crippen LogP) is 13.4. The fourth-order valence-electron chi connectivity index (χ4n) is 7.99. The Morgan fingerprint density at radius 1 is 0.519 bits per heavy atom. The minimum atomic E-state index is 0.521. The minimum absolute atomic E-state index is 0.521. The van der Waals surface area contributed by atoms with Crippen LogP contribution in [-0.2, 0) is 0 Å². The Kier molecular flexibility index (Phi) is 9.67. The number of rotatable bonds is 9. The highest BCUT2D eigenvalue weighted by molar-refractivity contribution is 5.83. The zero-order chi connectivity index (χ0) is 35.3. The monoisotopic (exact) mass is 671 g/mol. The maximum atomic E-state index is 2.61. The molecule has 2 atom stereocenters. The molecule has 2 aliphatic rings. The molecule has 1 saturated carbocycles. The summed E-state index contributed by atoms with van der Waals surface area (Å²) in [4.78, 5) is 2.61. The van der Waals surface area contributed by atoms with Gasteiger partial charge >= 0.3 is 0 Å². The quantitative estimate of drug-likeness (QED) is 0.138. The molecule has 0 spiro atoms. The number of fused-ring (bicyclic) bond motifs is 3. The van der Waals surface area contributed by atoms with Gasteiger partial charge in [0.25, 0.3) is 0 Å². The van der Waals surface area contributed by atoms with Crippen LogP contribution in [0.3, 0.4) is 0 Å². The molecular formula is C51H45N. The lowest BCUT2D eigenvalue weighted by atomic mass is 9.95.